The Morgan fingerprint density at radius 2 is 1.96 bits per heavy atom. The molecule has 4 rings (SSSR count). The second-order valence-corrected chi connectivity index (χ2v) is 6.72. The fraction of sp³-hybridized carbons (Fsp3) is 0.444. The summed E-state index contributed by atoms with van der Waals surface area (Å²) in [5.41, 5.74) is 1.63. The number of imide groups is 1. The number of carbonyl (C=O) groups is 2. The second-order valence-electron chi connectivity index (χ2n) is 6.72. The third-order valence-electron chi connectivity index (χ3n) is 5.75. The molecular formula is C18H20N2O3. The van der Waals surface area contributed by atoms with Gasteiger partial charge in [0.15, 0.2) is 0 Å². The number of benzene rings is 1. The quantitative estimate of drug-likeness (QED) is 0.839. The predicted octanol–water partition coefficient (Wildman–Crippen LogP) is 1.95. The second kappa shape index (κ2) is 4.68. The lowest BCUT2D eigenvalue weighted by Crippen LogP contribution is -2.78. The van der Waals surface area contributed by atoms with Gasteiger partial charge in [-0.15, -0.1) is 0 Å². The first-order chi connectivity index (χ1) is 11.0. The number of nitrogens with zero attached hydrogens (tertiary/aromatic N) is 2. The summed E-state index contributed by atoms with van der Waals surface area (Å²) in [5.74, 6) is 0.0876. The predicted molar refractivity (Wildman–Crippen MR) is 85.7 cm³/mol. The monoisotopic (exact) mass is 312 g/mol. The largest absolute Gasteiger partial charge is 0.383 e. The molecule has 0 aromatic heterocycles. The summed E-state index contributed by atoms with van der Waals surface area (Å²) in [7, 11) is 4.96. The van der Waals surface area contributed by atoms with Gasteiger partial charge in [-0.1, -0.05) is 36.4 Å². The average molecular weight is 312 g/mol. The van der Waals surface area contributed by atoms with Crippen molar-refractivity contribution in [1.29, 1.82) is 0 Å². The zero-order valence-electron chi connectivity index (χ0n) is 13.5. The molecule has 120 valence electrons. The lowest BCUT2D eigenvalue weighted by Gasteiger charge is -2.65. The van der Waals surface area contributed by atoms with Crippen molar-refractivity contribution >= 4 is 18.0 Å². The van der Waals surface area contributed by atoms with Crippen LogP contribution in [-0.4, -0.2) is 55.6 Å². The van der Waals surface area contributed by atoms with Gasteiger partial charge in [0.25, 0.3) is 0 Å². The summed E-state index contributed by atoms with van der Waals surface area (Å²) in [6, 6.07) is 7.79. The number of ether oxygens (including phenoxy) is 1. The SMILES string of the molecule is COC[C@@]12C(=O)N(C)C(=O)N(C)[C@@H]1[C@@H]1C=Cc3ccccc3[C@@H]12. The van der Waals surface area contributed by atoms with Gasteiger partial charge in [0.2, 0.25) is 5.91 Å². The summed E-state index contributed by atoms with van der Waals surface area (Å²) in [6.07, 6.45) is 4.25. The maximum atomic E-state index is 13.1. The Bertz CT molecular complexity index is 729. The minimum atomic E-state index is -0.697. The first-order valence-corrected chi connectivity index (χ1v) is 7.85. The molecule has 2 aliphatic carbocycles. The van der Waals surface area contributed by atoms with Gasteiger partial charge in [-0.2, -0.15) is 0 Å². The molecule has 0 spiro atoms. The fourth-order valence-corrected chi connectivity index (χ4v) is 4.89. The van der Waals surface area contributed by atoms with E-state index >= 15 is 0 Å². The van der Waals surface area contributed by atoms with E-state index in [-0.39, 0.29) is 29.8 Å². The van der Waals surface area contributed by atoms with Gasteiger partial charge in [0, 0.05) is 33.0 Å². The van der Waals surface area contributed by atoms with Gasteiger partial charge in [-0.25, -0.2) is 4.79 Å². The molecule has 0 radical (unpaired) electrons. The Morgan fingerprint density at radius 3 is 2.70 bits per heavy atom. The molecule has 5 heteroatoms. The summed E-state index contributed by atoms with van der Waals surface area (Å²) in [4.78, 5) is 28.4. The molecule has 1 saturated heterocycles. The van der Waals surface area contributed by atoms with Crippen molar-refractivity contribution in [3.63, 3.8) is 0 Å². The zero-order valence-corrected chi connectivity index (χ0v) is 13.5. The number of fused-ring (bicyclic) bond motifs is 6. The van der Waals surface area contributed by atoms with Crippen molar-refractivity contribution in [2.24, 2.45) is 11.3 Å². The van der Waals surface area contributed by atoms with E-state index in [1.54, 1.807) is 26.1 Å². The van der Waals surface area contributed by atoms with Crippen LogP contribution in [0.2, 0.25) is 0 Å². The van der Waals surface area contributed by atoms with E-state index in [1.807, 2.05) is 12.1 Å². The number of urea groups is 1. The first kappa shape index (κ1) is 14.5. The highest BCUT2D eigenvalue weighted by Crippen LogP contribution is 2.63. The van der Waals surface area contributed by atoms with Crippen molar-refractivity contribution < 1.29 is 14.3 Å². The lowest BCUT2D eigenvalue weighted by atomic mass is 9.45. The van der Waals surface area contributed by atoms with Gasteiger partial charge < -0.3 is 9.64 Å². The molecule has 1 aromatic carbocycles. The molecule has 2 fully saturated rings. The maximum Gasteiger partial charge on any atom is 0.326 e. The van der Waals surface area contributed by atoms with E-state index in [4.69, 9.17) is 4.74 Å². The van der Waals surface area contributed by atoms with Gasteiger partial charge in [0.1, 0.15) is 5.41 Å². The highest BCUT2D eigenvalue weighted by atomic mass is 16.5. The van der Waals surface area contributed by atoms with Crippen LogP contribution in [0, 0.1) is 11.3 Å². The van der Waals surface area contributed by atoms with Crippen LogP contribution in [0.15, 0.2) is 30.3 Å². The molecule has 1 aromatic rings. The topological polar surface area (TPSA) is 49.9 Å². The molecule has 5 nitrogen and oxygen atoms in total. The molecule has 1 saturated carbocycles. The number of amides is 3. The Labute approximate surface area is 135 Å². The van der Waals surface area contributed by atoms with E-state index in [1.165, 1.54) is 10.5 Å². The minimum Gasteiger partial charge on any atom is -0.383 e. The Balaban J connectivity index is 1.89. The molecule has 1 aliphatic heterocycles. The van der Waals surface area contributed by atoms with E-state index in [2.05, 4.69) is 24.3 Å². The maximum absolute atomic E-state index is 13.1. The van der Waals surface area contributed by atoms with Gasteiger partial charge >= 0.3 is 6.03 Å². The Kier molecular flexibility index (Phi) is 2.94. The zero-order chi connectivity index (χ0) is 16.4. The van der Waals surface area contributed by atoms with Crippen LogP contribution in [0.5, 0.6) is 0 Å². The molecule has 3 amide bonds. The molecule has 0 N–H and O–H groups in total. The standard InChI is InChI=1S/C18H20N2O3/c1-19-15-13-9-8-11-6-4-5-7-12(11)14(13)18(15,10-23-3)16(21)20(2)17(19)22/h4-9,13-15H,10H2,1-3H3/t13-,14+,15-,18+/m1/s1. The normalized spacial score (nSPS) is 34.7. The molecule has 0 bridgehead atoms. The Hall–Kier alpha value is -2.14. The summed E-state index contributed by atoms with van der Waals surface area (Å²) >= 11 is 0. The van der Waals surface area contributed by atoms with Crippen LogP contribution < -0.4 is 0 Å². The summed E-state index contributed by atoms with van der Waals surface area (Å²) < 4.78 is 5.46. The van der Waals surface area contributed by atoms with Crippen molar-refractivity contribution in [3.8, 4) is 0 Å². The van der Waals surface area contributed by atoms with Crippen molar-refractivity contribution in [2.75, 3.05) is 27.8 Å². The highest BCUT2D eigenvalue weighted by molar-refractivity contribution is 6.02. The Morgan fingerprint density at radius 1 is 1.22 bits per heavy atom. The van der Waals surface area contributed by atoms with Gasteiger partial charge in [-0.3, -0.25) is 9.69 Å². The van der Waals surface area contributed by atoms with Crippen molar-refractivity contribution in [3.05, 3.63) is 41.5 Å². The van der Waals surface area contributed by atoms with Crippen LogP contribution in [-0.2, 0) is 9.53 Å². The number of rotatable bonds is 2. The number of hydrogen-bond donors (Lipinski definition) is 0. The number of carbonyl (C=O) groups excluding carboxylic acids is 2. The smallest absolute Gasteiger partial charge is 0.326 e. The summed E-state index contributed by atoms with van der Waals surface area (Å²) in [6.45, 7) is 0.321. The van der Waals surface area contributed by atoms with E-state index < -0.39 is 5.41 Å². The first-order valence-electron chi connectivity index (χ1n) is 7.85. The number of methoxy groups -OCH3 is 1. The highest BCUT2D eigenvalue weighted by Gasteiger charge is 2.71. The van der Waals surface area contributed by atoms with Crippen molar-refractivity contribution in [2.45, 2.75) is 12.0 Å². The third kappa shape index (κ3) is 1.55. The molecule has 0 unspecified atom stereocenters. The van der Waals surface area contributed by atoms with Crippen LogP contribution >= 0.6 is 0 Å². The van der Waals surface area contributed by atoms with Gasteiger partial charge in [0.05, 0.1) is 12.6 Å². The van der Waals surface area contributed by atoms with Crippen LogP contribution in [0.1, 0.15) is 17.0 Å². The molecular weight excluding hydrogens is 292 g/mol. The lowest BCUT2D eigenvalue weighted by molar-refractivity contribution is -0.178. The van der Waals surface area contributed by atoms with Crippen LogP contribution in [0.4, 0.5) is 4.79 Å². The molecule has 1 heterocycles. The van der Waals surface area contributed by atoms with Crippen molar-refractivity contribution in [1.82, 2.24) is 9.80 Å². The minimum absolute atomic E-state index is 0.0548. The average Bonchev–Trinajstić information content (AvgIpc) is 2.55. The van der Waals surface area contributed by atoms with Crippen LogP contribution in [0.3, 0.4) is 0 Å². The van der Waals surface area contributed by atoms with E-state index in [0.29, 0.717) is 6.61 Å². The van der Waals surface area contributed by atoms with Gasteiger partial charge in [-0.05, 0) is 11.1 Å². The summed E-state index contributed by atoms with van der Waals surface area (Å²) in [5, 5.41) is 0. The molecule has 3 aliphatic rings. The van der Waals surface area contributed by atoms with Crippen LogP contribution in [0.25, 0.3) is 6.08 Å². The van der Waals surface area contributed by atoms with E-state index in [0.717, 1.165) is 5.56 Å². The fourth-order valence-electron chi connectivity index (χ4n) is 4.89. The number of hydrogen-bond acceptors (Lipinski definition) is 3. The molecule has 23 heavy (non-hydrogen) atoms. The molecule has 4 atom stereocenters. The van der Waals surface area contributed by atoms with E-state index in [9.17, 15) is 9.59 Å². The third-order valence-corrected chi connectivity index (χ3v) is 5.75.